The molecule has 5 nitrogen and oxygen atoms in total. The quantitative estimate of drug-likeness (QED) is 0.691. The molecule has 0 radical (unpaired) electrons. The van der Waals surface area contributed by atoms with E-state index in [9.17, 15) is 9.90 Å². The molecule has 0 aliphatic carbocycles. The van der Waals surface area contributed by atoms with Crippen molar-refractivity contribution >= 4 is 22.5 Å². The van der Waals surface area contributed by atoms with Crippen LogP contribution in [0.25, 0.3) is 22.2 Å². The third-order valence-electron chi connectivity index (χ3n) is 5.27. The number of nitrogens with zero attached hydrogens (tertiary/aromatic N) is 2. The Kier molecular flexibility index (Phi) is 5.24. The molecule has 1 N–H and O–H groups in total. The Morgan fingerprint density at radius 2 is 2.00 bits per heavy atom. The zero-order valence-electron chi connectivity index (χ0n) is 17.1. The van der Waals surface area contributed by atoms with Crippen molar-refractivity contribution in [1.82, 2.24) is 4.98 Å². The predicted octanol–water partition coefficient (Wildman–Crippen LogP) is 4.62. The molecule has 1 aliphatic heterocycles. The fourth-order valence-electron chi connectivity index (χ4n) is 3.85. The molecule has 0 saturated carbocycles. The lowest BCUT2D eigenvalue weighted by Gasteiger charge is -2.17. The van der Waals surface area contributed by atoms with Crippen LogP contribution in [-0.4, -0.2) is 28.6 Å². The maximum atomic E-state index is 12.1. The van der Waals surface area contributed by atoms with E-state index < -0.39 is 0 Å². The van der Waals surface area contributed by atoms with Crippen LogP contribution in [0, 0.1) is 6.92 Å². The average Bonchev–Trinajstić information content (AvgIpc) is 3.13. The summed E-state index contributed by atoms with van der Waals surface area (Å²) in [7, 11) is 0. The molecular weight excluding hydrogens is 364 g/mol. The molecule has 0 bridgehead atoms. The van der Waals surface area contributed by atoms with Gasteiger partial charge in [0.25, 0.3) is 0 Å². The van der Waals surface area contributed by atoms with Gasteiger partial charge in [-0.05, 0) is 75.2 Å². The molecule has 29 heavy (non-hydrogen) atoms. The highest BCUT2D eigenvalue weighted by Gasteiger charge is 2.22. The van der Waals surface area contributed by atoms with Crippen LogP contribution in [0.3, 0.4) is 0 Å². The van der Waals surface area contributed by atoms with E-state index in [0.717, 1.165) is 51.9 Å². The summed E-state index contributed by atoms with van der Waals surface area (Å²) in [6.45, 7) is 6.69. The van der Waals surface area contributed by atoms with Crippen molar-refractivity contribution in [3.05, 3.63) is 53.6 Å². The summed E-state index contributed by atoms with van der Waals surface area (Å²) < 4.78 is 5.78. The van der Waals surface area contributed by atoms with Crippen LogP contribution in [0.15, 0.2) is 42.5 Å². The van der Waals surface area contributed by atoms with Crippen LogP contribution in [0.2, 0.25) is 0 Å². The van der Waals surface area contributed by atoms with Gasteiger partial charge < -0.3 is 14.7 Å². The Balaban J connectivity index is 1.73. The molecule has 1 fully saturated rings. The minimum Gasteiger partial charge on any atom is -0.491 e. The Bertz CT molecular complexity index is 1080. The van der Waals surface area contributed by atoms with E-state index in [1.807, 2.05) is 49.1 Å². The second kappa shape index (κ2) is 7.84. The van der Waals surface area contributed by atoms with Gasteiger partial charge in [-0.2, -0.15) is 0 Å². The Morgan fingerprint density at radius 3 is 2.69 bits per heavy atom. The van der Waals surface area contributed by atoms with Crippen molar-refractivity contribution < 1.29 is 14.6 Å². The van der Waals surface area contributed by atoms with Gasteiger partial charge in [-0.15, -0.1) is 0 Å². The predicted molar refractivity (Wildman–Crippen MR) is 115 cm³/mol. The monoisotopic (exact) mass is 390 g/mol. The van der Waals surface area contributed by atoms with Crippen LogP contribution in [0.5, 0.6) is 5.75 Å². The Hall–Kier alpha value is -2.92. The SMILES string of the molecule is Cc1cc(-c2ccc(OC(C)C)c(CO)c2)nc2ccc(N3CCCC3=O)cc12. The van der Waals surface area contributed by atoms with Crippen LogP contribution in [0.1, 0.15) is 37.8 Å². The van der Waals surface area contributed by atoms with Crippen LogP contribution < -0.4 is 9.64 Å². The number of aryl methyl sites for hydroxylation is 1. The largest absolute Gasteiger partial charge is 0.491 e. The van der Waals surface area contributed by atoms with Gasteiger partial charge in [-0.25, -0.2) is 4.98 Å². The molecule has 4 rings (SSSR count). The van der Waals surface area contributed by atoms with Gasteiger partial charge in [-0.3, -0.25) is 4.79 Å². The van der Waals surface area contributed by atoms with Gasteiger partial charge in [0.05, 0.1) is 23.9 Å². The van der Waals surface area contributed by atoms with Gasteiger partial charge in [-0.1, -0.05) is 0 Å². The summed E-state index contributed by atoms with van der Waals surface area (Å²) in [5, 5.41) is 10.8. The lowest BCUT2D eigenvalue weighted by molar-refractivity contribution is -0.117. The highest BCUT2D eigenvalue weighted by Crippen LogP contribution is 2.31. The number of hydrogen-bond acceptors (Lipinski definition) is 4. The molecule has 0 atom stereocenters. The molecule has 0 unspecified atom stereocenters. The number of amides is 1. The van der Waals surface area contributed by atoms with E-state index in [1.54, 1.807) is 0 Å². The van der Waals surface area contributed by atoms with Crippen molar-refractivity contribution in [1.29, 1.82) is 0 Å². The topological polar surface area (TPSA) is 62.7 Å². The molecule has 2 heterocycles. The smallest absolute Gasteiger partial charge is 0.227 e. The van der Waals surface area contributed by atoms with Crippen molar-refractivity contribution in [3.63, 3.8) is 0 Å². The summed E-state index contributed by atoms with van der Waals surface area (Å²) in [4.78, 5) is 18.8. The first kappa shape index (κ1) is 19.4. The first-order valence-corrected chi connectivity index (χ1v) is 10.1. The minimum absolute atomic E-state index is 0.0453. The fourth-order valence-corrected chi connectivity index (χ4v) is 3.85. The van der Waals surface area contributed by atoms with Crippen molar-refractivity contribution in [3.8, 4) is 17.0 Å². The molecule has 2 aromatic carbocycles. The maximum absolute atomic E-state index is 12.1. The van der Waals surface area contributed by atoms with Gasteiger partial charge >= 0.3 is 0 Å². The van der Waals surface area contributed by atoms with Crippen LogP contribution >= 0.6 is 0 Å². The number of aliphatic hydroxyl groups excluding tert-OH is 1. The average molecular weight is 390 g/mol. The number of fused-ring (bicyclic) bond motifs is 1. The highest BCUT2D eigenvalue weighted by atomic mass is 16.5. The molecule has 0 spiro atoms. The summed E-state index contributed by atoms with van der Waals surface area (Å²) in [5.74, 6) is 0.885. The van der Waals surface area contributed by atoms with Gasteiger partial charge in [0.15, 0.2) is 0 Å². The van der Waals surface area contributed by atoms with Crippen molar-refractivity contribution in [2.75, 3.05) is 11.4 Å². The molecule has 1 aromatic heterocycles. The van der Waals surface area contributed by atoms with Crippen LogP contribution in [0.4, 0.5) is 5.69 Å². The van der Waals surface area contributed by atoms with E-state index in [-0.39, 0.29) is 18.6 Å². The molecule has 1 aliphatic rings. The number of rotatable bonds is 5. The minimum atomic E-state index is -0.0876. The van der Waals surface area contributed by atoms with Gasteiger partial charge in [0.1, 0.15) is 5.75 Å². The van der Waals surface area contributed by atoms with Gasteiger partial charge in [0.2, 0.25) is 5.91 Å². The van der Waals surface area contributed by atoms with E-state index in [0.29, 0.717) is 12.2 Å². The molecule has 3 aromatic rings. The van der Waals surface area contributed by atoms with E-state index in [1.165, 1.54) is 0 Å². The number of ether oxygens (including phenoxy) is 1. The normalized spacial score (nSPS) is 14.2. The summed E-state index contributed by atoms with van der Waals surface area (Å²) in [6.07, 6.45) is 1.58. The first-order valence-electron chi connectivity index (χ1n) is 10.1. The molecule has 150 valence electrons. The second-order valence-corrected chi connectivity index (χ2v) is 7.82. The second-order valence-electron chi connectivity index (χ2n) is 7.82. The van der Waals surface area contributed by atoms with Crippen molar-refractivity contribution in [2.45, 2.75) is 46.3 Å². The number of aromatic nitrogens is 1. The highest BCUT2D eigenvalue weighted by molar-refractivity contribution is 5.98. The third-order valence-corrected chi connectivity index (χ3v) is 5.27. The summed E-state index contributed by atoms with van der Waals surface area (Å²) >= 11 is 0. The van der Waals surface area contributed by atoms with Crippen LogP contribution in [-0.2, 0) is 11.4 Å². The van der Waals surface area contributed by atoms with E-state index >= 15 is 0 Å². The first-order chi connectivity index (χ1) is 14.0. The molecule has 1 saturated heterocycles. The number of pyridine rings is 1. The number of carbonyl (C=O) groups excluding carboxylic acids is 1. The number of aliphatic hydroxyl groups is 1. The number of benzene rings is 2. The lowest BCUT2D eigenvalue weighted by Crippen LogP contribution is -2.23. The Morgan fingerprint density at radius 1 is 1.17 bits per heavy atom. The summed E-state index contributed by atoms with van der Waals surface area (Å²) in [5.41, 5.74) is 5.48. The molecule has 5 heteroatoms. The zero-order chi connectivity index (χ0) is 20.5. The van der Waals surface area contributed by atoms with E-state index in [4.69, 9.17) is 9.72 Å². The third kappa shape index (κ3) is 3.83. The fraction of sp³-hybridized carbons (Fsp3) is 0.333. The number of carbonyl (C=O) groups is 1. The van der Waals surface area contributed by atoms with E-state index in [2.05, 4.69) is 19.1 Å². The number of hydrogen-bond donors (Lipinski definition) is 1. The maximum Gasteiger partial charge on any atom is 0.227 e. The summed E-state index contributed by atoms with van der Waals surface area (Å²) in [6, 6.07) is 13.9. The standard InChI is InChI=1S/C24H26N2O3/c1-15(2)29-23-9-6-17(12-18(23)14-27)22-11-16(3)20-13-19(7-8-21(20)25-22)26-10-4-5-24(26)28/h6-9,11-13,15,27H,4-5,10,14H2,1-3H3. The molecular formula is C24H26N2O3. The van der Waals surface area contributed by atoms with Gasteiger partial charge in [0, 0.05) is 35.2 Å². The molecule has 1 amide bonds. The lowest BCUT2D eigenvalue weighted by atomic mass is 10.0. The number of anilines is 1. The zero-order valence-corrected chi connectivity index (χ0v) is 17.1. The Labute approximate surface area is 170 Å². The van der Waals surface area contributed by atoms with Crippen molar-refractivity contribution in [2.24, 2.45) is 0 Å².